The third-order valence-corrected chi connectivity index (χ3v) is 4.09. The Kier molecular flexibility index (Phi) is 2.78. The van der Waals surface area contributed by atoms with E-state index < -0.39 is 9.84 Å². The van der Waals surface area contributed by atoms with Crippen LogP contribution < -0.4 is 5.32 Å². The molecule has 1 rings (SSSR count). The Morgan fingerprint density at radius 1 is 1.33 bits per heavy atom. The molecule has 2 atom stereocenters. The standard InChI is InChI=1S/C8H17NO2S/c1-6(2)9-8-5-12(10,11)4-7(8)3/h6-9H,4-5H2,1-3H3/t7-,8-/m1/s1. The maximum atomic E-state index is 11.2. The molecule has 0 aromatic carbocycles. The van der Waals surface area contributed by atoms with Gasteiger partial charge in [-0.1, -0.05) is 20.8 Å². The van der Waals surface area contributed by atoms with Gasteiger partial charge in [-0.3, -0.25) is 0 Å². The summed E-state index contributed by atoms with van der Waals surface area (Å²) < 4.78 is 22.4. The highest BCUT2D eigenvalue weighted by atomic mass is 32.2. The lowest BCUT2D eigenvalue weighted by molar-refractivity contribution is 0.418. The second-order valence-corrected chi connectivity index (χ2v) is 6.14. The summed E-state index contributed by atoms with van der Waals surface area (Å²) in [5, 5.41) is 3.27. The monoisotopic (exact) mass is 191 g/mol. The quantitative estimate of drug-likeness (QED) is 0.688. The molecule has 1 saturated heterocycles. The van der Waals surface area contributed by atoms with Gasteiger partial charge in [-0.05, 0) is 5.92 Å². The summed E-state index contributed by atoms with van der Waals surface area (Å²) in [6.45, 7) is 6.07. The van der Waals surface area contributed by atoms with E-state index in [2.05, 4.69) is 5.32 Å². The van der Waals surface area contributed by atoms with Gasteiger partial charge >= 0.3 is 0 Å². The zero-order valence-corrected chi connectivity index (χ0v) is 8.69. The van der Waals surface area contributed by atoms with Crippen molar-refractivity contribution in [1.29, 1.82) is 0 Å². The molecule has 1 aliphatic heterocycles. The van der Waals surface area contributed by atoms with E-state index in [1.807, 2.05) is 20.8 Å². The van der Waals surface area contributed by atoms with Gasteiger partial charge < -0.3 is 5.32 Å². The molecule has 1 aliphatic rings. The molecular formula is C8H17NO2S. The SMILES string of the molecule is CC(C)N[C@@H]1CS(=O)(=O)C[C@H]1C. The number of nitrogens with one attached hydrogen (secondary N) is 1. The van der Waals surface area contributed by atoms with Crippen LogP contribution in [0.5, 0.6) is 0 Å². The van der Waals surface area contributed by atoms with Crippen molar-refractivity contribution in [3.05, 3.63) is 0 Å². The third-order valence-electron chi connectivity index (χ3n) is 2.18. The fraction of sp³-hybridized carbons (Fsp3) is 1.00. The maximum absolute atomic E-state index is 11.2. The highest BCUT2D eigenvalue weighted by molar-refractivity contribution is 7.91. The molecule has 12 heavy (non-hydrogen) atoms. The molecule has 0 aromatic rings. The van der Waals surface area contributed by atoms with Gasteiger partial charge in [0.2, 0.25) is 0 Å². The molecule has 1 fully saturated rings. The molecule has 1 N–H and O–H groups in total. The Morgan fingerprint density at radius 3 is 2.25 bits per heavy atom. The predicted molar refractivity (Wildman–Crippen MR) is 49.9 cm³/mol. The van der Waals surface area contributed by atoms with Crippen LogP contribution in [0.3, 0.4) is 0 Å². The minimum atomic E-state index is -2.75. The van der Waals surface area contributed by atoms with Gasteiger partial charge in [-0.25, -0.2) is 8.42 Å². The molecule has 1 heterocycles. The normalized spacial score (nSPS) is 34.3. The van der Waals surface area contributed by atoms with Crippen molar-refractivity contribution in [2.24, 2.45) is 5.92 Å². The van der Waals surface area contributed by atoms with Crippen molar-refractivity contribution >= 4 is 9.84 Å². The molecule has 0 aliphatic carbocycles. The lowest BCUT2D eigenvalue weighted by Gasteiger charge is -2.18. The van der Waals surface area contributed by atoms with Crippen molar-refractivity contribution in [2.45, 2.75) is 32.9 Å². The minimum Gasteiger partial charge on any atom is -0.310 e. The van der Waals surface area contributed by atoms with E-state index in [1.165, 1.54) is 0 Å². The summed E-state index contributed by atoms with van der Waals surface area (Å²) in [5.74, 6) is 0.918. The fourth-order valence-corrected chi connectivity index (χ4v) is 3.80. The van der Waals surface area contributed by atoms with Gasteiger partial charge in [0.05, 0.1) is 11.5 Å². The van der Waals surface area contributed by atoms with Crippen molar-refractivity contribution in [3.63, 3.8) is 0 Å². The van der Waals surface area contributed by atoms with Crippen LogP contribution in [0.2, 0.25) is 0 Å². The summed E-state index contributed by atoms with van der Waals surface area (Å²) in [7, 11) is -2.75. The van der Waals surface area contributed by atoms with E-state index in [9.17, 15) is 8.42 Å². The van der Waals surface area contributed by atoms with Crippen LogP contribution in [0, 0.1) is 5.92 Å². The first kappa shape index (κ1) is 9.99. The Morgan fingerprint density at radius 2 is 1.92 bits per heavy atom. The van der Waals surface area contributed by atoms with Crippen molar-refractivity contribution in [3.8, 4) is 0 Å². The average Bonchev–Trinajstić information content (AvgIpc) is 2.03. The Hall–Kier alpha value is -0.0900. The Labute approximate surface area is 74.5 Å². The molecule has 0 bridgehead atoms. The minimum absolute atomic E-state index is 0.162. The zero-order valence-electron chi connectivity index (χ0n) is 7.87. The summed E-state index contributed by atoms with van der Waals surface area (Å²) in [6.07, 6.45) is 0. The molecule has 0 saturated carbocycles. The first-order valence-corrected chi connectivity index (χ1v) is 6.19. The summed E-state index contributed by atoms with van der Waals surface area (Å²) in [4.78, 5) is 0. The fourth-order valence-electron chi connectivity index (χ4n) is 1.66. The number of rotatable bonds is 2. The zero-order chi connectivity index (χ0) is 9.35. The van der Waals surface area contributed by atoms with E-state index in [-0.39, 0.29) is 12.0 Å². The second kappa shape index (κ2) is 3.34. The van der Waals surface area contributed by atoms with Gasteiger partial charge in [-0.15, -0.1) is 0 Å². The van der Waals surface area contributed by atoms with E-state index in [0.29, 0.717) is 17.5 Å². The molecule has 4 heteroatoms. The molecule has 0 radical (unpaired) electrons. The van der Waals surface area contributed by atoms with Crippen LogP contribution >= 0.6 is 0 Å². The van der Waals surface area contributed by atoms with Crippen LogP contribution in [-0.2, 0) is 9.84 Å². The first-order valence-electron chi connectivity index (χ1n) is 4.37. The largest absolute Gasteiger partial charge is 0.310 e. The lowest BCUT2D eigenvalue weighted by Crippen LogP contribution is -2.39. The molecule has 0 aromatic heterocycles. The lowest BCUT2D eigenvalue weighted by atomic mass is 10.1. The van der Waals surface area contributed by atoms with E-state index in [4.69, 9.17) is 0 Å². The van der Waals surface area contributed by atoms with Crippen LogP contribution in [0.25, 0.3) is 0 Å². The maximum Gasteiger partial charge on any atom is 0.152 e. The molecule has 0 amide bonds. The predicted octanol–water partition coefficient (Wildman–Crippen LogP) is 0.417. The second-order valence-electron chi connectivity index (χ2n) is 3.98. The molecule has 0 spiro atoms. The van der Waals surface area contributed by atoms with Gasteiger partial charge in [0, 0.05) is 12.1 Å². The molecule has 0 unspecified atom stereocenters. The van der Waals surface area contributed by atoms with E-state index in [1.54, 1.807) is 0 Å². The van der Waals surface area contributed by atoms with Crippen LogP contribution in [-0.4, -0.2) is 32.0 Å². The van der Waals surface area contributed by atoms with Gasteiger partial charge in [0.15, 0.2) is 9.84 Å². The number of sulfone groups is 1. The summed E-state index contributed by atoms with van der Waals surface area (Å²) in [5.41, 5.74) is 0. The highest BCUT2D eigenvalue weighted by Gasteiger charge is 2.34. The average molecular weight is 191 g/mol. The smallest absolute Gasteiger partial charge is 0.152 e. The molecule has 72 valence electrons. The summed E-state index contributed by atoms with van der Waals surface area (Å²) in [6, 6.07) is 0.528. The summed E-state index contributed by atoms with van der Waals surface area (Å²) >= 11 is 0. The van der Waals surface area contributed by atoms with Crippen molar-refractivity contribution < 1.29 is 8.42 Å². The van der Waals surface area contributed by atoms with E-state index in [0.717, 1.165) is 0 Å². The van der Waals surface area contributed by atoms with Crippen LogP contribution in [0.1, 0.15) is 20.8 Å². The van der Waals surface area contributed by atoms with Gasteiger partial charge in [0.1, 0.15) is 0 Å². The Balaban J connectivity index is 2.58. The van der Waals surface area contributed by atoms with Crippen molar-refractivity contribution in [2.75, 3.05) is 11.5 Å². The number of hydrogen-bond donors (Lipinski definition) is 1. The highest BCUT2D eigenvalue weighted by Crippen LogP contribution is 2.18. The molecular weight excluding hydrogens is 174 g/mol. The first-order chi connectivity index (χ1) is 5.41. The van der Waals surface area contributed by atoms with Crippen LogP contribution in [0.15, 0.2) is 0 Å². The topological polar surface area (TPSA) is 46.2 Å². The van der Waals surface area contributed by atoms with E-state index >= 15 is 0 Å². The Bertz CT molecular complexity index is 246. The number of hydrogen-bond acceptors (Lipinski definition) is 3. The van der Waals surface area contributed by atoms with Gasteiger partial charge in [-0.2, -0.15) is 0 Å². The molecule has 3 nitrogen and oxygen atoms in total. The van der Waals surface area contributed by atoms with Crippen molar-refractivity contribution in [1.82, 2.24) is 5.32 Å². The van der Waals surface area contributed by atoms with Gasteiger partial charge in [0.25, 0.3) is 0 Å². The third kappa shape index (κ3) is 2.45. The van der Waals surface area contributed by atoms with Crippen LogP contribution in [0.4, 0.5) is 0 Å².